The predicted octanol–water partition coefficient (Wildman–Crippen LogP) is 3.99. The van der Waals surface area contributed by atoms with Gasteiger partial charge in [0.1, 0.15) is 6.61 Å². The van der Waals surface area contributed by atoms with Crippen LogP contribution in [0.5, 0.6) is 0 Å². The van der Waals surface area contributed by atoms with Crippen molar-refractivity contribution in [2.45, 2.75) is 89.8 Å². The molecule has 2 saturated carbocycles. The lowest BCUT2D eigenvalue weighted by Gasteiger charge is -2.44. The van der Waals surface area contributed by atoms with E-state index in [4.69, 9.17) is 4.74 Å². The number of carbonyl (C=O) groups is 1. The lowest BCUT2D eigenvalue weighted by molar-refractivity contribution is -0.135. The van der Waals surface area contributed by atoms with E-state index in [0.29, 0.717) is 11.8 Å². The number of ether oxygens (including phenoxy) is 1. The molecule has 1 aliphatic heterocycles. The first-order chi connectivity index (χ1) is 12.5. The molecular weight excluding hydrogens is 328 g/mol. The van der Waals surface area contributed by atoms with Gasteiger partial charge < -0.3 is 14.9 Å². The van der Waals surface area contributed by atoms with Crippen LogP contribution in [0.4, 0.5) is 0 Å². The van der Waals surface area contributed by atoms with Crippen molar-refractivity contribution in [2.24, 2.45) is 23.7 Å². The van der Waals surface area contributed by atoms with Crippen molar-refractivity contribution in [2.75, 3.05) is 6.61 Å². The smallest absolute Gasteiger partial charge is 0.331 e. The normalized spacial score (nSPS) is 37.8. The third kappa shape index (κ3) is 4.17. The van der Waals surface area contributed by atoms with Crippen molar-refractivity contribution in [1.82, 2.24) is 0 Å². The topological polar surface area (TPSA) is 66.8 Å². The highest BCUT2D eigenvalue weighted by molar-refractivity contribution is 5.85. The highest BCUT2D eigenvalue weighted by atomic mass is 16.5. The third-order valence-electron chi connectivity index (χ3n) is 7.56. The third-order valence-corrected chi connectivity index (χ3v) is 7.56. The summed E-state index contributed by atoms with van der Waals surface area (Å²) in [5, 5.41) is 20.8. The Kier molecular flexibility index (Phi) is 6.45. The molecule has 0 unspecified atom stereocenters. The Bertz CT molecular complexity index is 510. The first-order valence-electron chi connectivity index (χ1n) is 10.7. The fraction of sp³-hybridized carbons (Fsp3) is 0.864. The van der Waals surface area contributed by atoms with E-state index in [0.717, 1.165) is 55.9 Å². The largest absolute Gasteiger partial charge is 0.458 e. The minimum atomic E-state index is -0.836. The van der Waals surface area contributed by atoms with Crippen molar-refractivity contribution in [3.8, 4) is 0 Å². The van der Waals surface area contributed by atoms with Gasteiger partial charge in [0.2, 0.25) is 0 Å². The highest BCUT2D eigenvalue weighted by Gasteiger charge is 2.42. The molecule has 0 amide bonds. The van der Waals surface area contributed by atoms with Crippen LogP contribution < -0.4 is 0 Å². The van der Waals surface area contributed by atoms with E-state index in [1.165, 1.54) is 31.8 Å². The van der Waals surface area contributed by atoms with Crippen LogP contribution in [0.2, 0.25) is 0 Å². The summed E-state index contributed by atoms with van der Waals surface area (Å²) < 4.78 is 5.01. The highest BCUT2D eigenvalue weighted by Crippen LogP contribution is 2.47. The van der Waals surface area contributed by atoms with Gasteiger partial charge in [-0.15, -0.1) is 0 Å². The molecule has 0 aromatic rings. The van der Waals surface area contributed by atoms with Crippen LogP contribution in [-0.4, -0.2) is 34.5 Å². The van der Waals surface area contributed by atoms with Crippen LogP contribution in [-0.2, 0) is 9.53 Å². The number of aliphatic hydroxyl groups excluding tert-OH is 1. The van der Waals surface area contributed by atoms with Crippen LogP contribution in [0.3, 0.4) is 0 Å². The van der Waals surface area contributed by atoms with Crippen molar-refractivity contribution >= 4 is 5.97 Å². The van der Waals surface area contributed by atoms with Crippen LogP contribution in [0.25, 0.3) is 0 Å². The lowest BCUT2D eigenvalue weighted by atomic mass is 9.63. The minimum Gasteiger partial charge on any atom is -0.458 e. The molecule has 26 heavy (non-hydrogen) atoms. The Balaban J connectivity index is 1.62. The monoisotopic (exact) mass is 364 g/mol. The van der Waals surface area contributed by atoms with Crippen LogP contribution in [0.1, 0.15) is 78.1 Å². The summed E-state index contributed by atoms with van der Waals surface area (Å²) in [5.41, 5.74) is -0.0558. The molecular formula is C22H36O4. The Morgan fingerprint density at radius 3 is 2.04 bits per heavy atom. The fourth-order valence-corrected chi connectivity index (χ4v) is 6.01. The molecule has 0 bridgehead atoms. The Morgan fingerprint density at radius 2 is 1.58 bits per heavy atom. The van der Waals surface area contributed by atoms with Crippen molar-refractivity contribution in [3.05, 3.63) is 11.6 Å². The molecule has 2 atom stereocenters. The molecule has 2 aliphatic carbocycles. The summed E-state index contributed by atoms with van der Waals surface area (Å²) in [6, 6.07) is 0. The molecule has 0 radical (unpaired) electrons. The van der Waals surface area contributed by atoms with Crippen LogP contribution in [0.15, 0.2) is 11.6 Å². The summed E-state index contributed by atoms with van der Waals surface area (Å²) in [6.07, 6.45) is 11.6. The van der Waals surface area contributed by atoms with Gasteiger partial charge in [0, 0.05) is 11.6 Å². The number of hydrogen-bond acceptors (Lipinski definition) is 4. The van der Waals surface area contributed by atoms with Crippen molar-refractivity contribution in [1.29, 1.82) is 0 Å². The molecule has 148 valence electrons. The first kappa shape index (κ1) is 19.9. The van der Waals surface area contributed by atoms with Crippen LogP contribution >= 0.6 is 0 Å². The zero-order valence-corrected chi connectivity index (χ0v) is 16.5. The second-order valence-corrected chi connectivity index (χ2v) is 8.86. The maximum absolute atomic E-state index is 11.4. The standard InChI is InChI=1S/C22H36O4/c1-3-19(15-5-7-18(23)8-6-15)20(4-2)16-9-11-22(25,12-10-16)17-13-21(24)26-14-17/h13,15-16,18-20,23,25H,3-12,14H2,1-2H3/t15?,16?,18?,19-,20-,22?/m1/s1. The second kappa shape index (κ2) is 8.43. The van der Waals surface area contributed by atoms with Crippen molar-refractivity contribution < 1.29 is 19.7 Å². The zero-order chi connectivity index (χ0) is 18.7. The summed E-state index contributed by atoms with van der Waals surface area (Å²) in [4.78, 5) is 11.4. The SMILES string of the molecule is CC[C@H](C1CCC(O)CC1)[C@H](CC)C1CCC(O)(C2=CC(=O)OC2)CC1. The Labute approximate surface area is 158 Å². The predicted molar refractivity (Wildman–Crippen MR) is 101 cm³/mol. The van der Waals surface area contributed by atoms with Gasteiger partial charge in [-0.25, -0.2) is 4.79 Å². The number of cyclic esters (lactones) is 1. The minimum absolute atomic E-state index is 0.0851. The van der Waals surface area contributed by atoms with Gasteiger partial charge in [-0.2, -0.15) is 0 Å². The summed E-state index contributed by atoms with van der Waals surface area (Å²) in [6.45, 7) is 4.90. The number of esters is 1. The van der Waals surface area contributed by atoms with E-state index in [-0.39, 0.29) is 18.7 Å². The average Bonchev–Trinajstić information content (AvgIpc) is 3.09. The average molecular weight is 365 g/mol. The lowest BCUT2D eigenvalue weighted by Crippen LogP contribution is -2.40. The van der Waals surface area contributed by atoms with Gasteiger partial charge in [-0.1, -0.05) is 26.7 Å². The van der Waals surface area contributed by atoms with Gasteiger partial charge in [0.05, 0.1) is 11.7 Å². The zero-order valence-electron chi connectivity index (χ0n) is 16.5. The molecule has 0 spiro atoms. The fourth-order valence-electron chi connectivity index (χ4n) is 6.01. The number of aliphatic hydroxyl groups is 2. The molecule has 1 heterocycles. The summed E-state index contributed by atoms with van der Waals surface area (Å²) >= 11 is 0. The molecule has 3 aliphatic rings. The summed E-state index contributed by atoms with van der Waals surface area (Å²) in [7, 11) is 0. The first-order valence-corrected chi connectivity index (χ1v) is 10.7. The maximum Gasteiger partial charge on any atom is 0.331 e. The van der Waals surface area contributed by atoms with E-state index in [1.54, 1.807) is 0 Å². The molecule has 0 saturated heterocycles. The van der Waals surface area contributed by atoms with Gasteiger partial charge in [-0.3, -0.25) is 0 Å². The van der Waals surface area contributed by atoms with E-state index in [1.807, 2.05) is 0 Å². The molecule has 2 N–H and O–H groups in total. The molecule has 4 heteroatoms. The van der Waals surface area contributed by atoms with E-state index in [9.17, 15) is 15.0 Å². The van der Waals surface area contributed by atoms with Gasteiger partial charge >= 0.3 is 5.97 Å². The number of carbonyl (C=O) groups excluding carboxylic acids is 1. The van der Waals surface area contributed by atoms with Crippen molar-refractivity contribution in [3.63, 3.8) is 0 Å². The molecule has 3 rings (SSSR count). The Hall–Kier alpha value is -0.870. The number of hydrogen-bond donors (Lipinski definition) is 2. The molecule has 2 fully saturated rings. The molecule has 4 nitrogen and oxygen atoms in total. The van der Waals surface area contributed by atoms with E-state index in [2.05, 4.69) is 13.8 Å². The van der Waals surface area contributed by atoms with Gasteiger partial charge in [-0.05, 0) is 75.0 Å². The number of rotatable bonds is 6. The molecule has 0 aromatic heterocycles. The van der Waals surface area contributed by atoms with Gasteiger partial charge in [0.15, 0.2) is 0 Å². The van der Waals surface area contributed by atoms with E-state index < -0.39 is 5.60 Å². The van der Waals surface area contributed by atoms with Crippen LogP contribution in [0, 0.1) is 23.7 Å². The van der Waals surface area contributed by atoms with E-state index >= 15 is 0 Å². The summed E-state index contributed by atoms with van der Waals surface area (Å²) in [5.74, 6) is 2.54. The Morgan fingerprint density at radius 1 is 1.04 bits per heavy atom. The van der Waals surface area contributed by atoms with Gasteiger partial charge in [0.25, 0.3) is 0 Å². The second-order valence-electron chi connectivity index (χ2n) is 8.86. The maximum atomic E-state index is 11.4. The molecule has 0 aromatic carbocycles. The quantitative estimate of drug-likeness (QED) is 0.699.